The van der Waals surface area contributed by atoms with Crippen LogP contribution in [-0.2, 0) is 0 Å². The average Bonchev–Trinajstić information content (AvgIpc) is 2.09. The van der Waals surface area contributed by atoms with Crippen molar-refractivity contribution in [1.29, 1.82) is 0 Å². The molecule has 0 N–H and O–H groups in total. The van der Waals surface area contributed by atoms with Gasteiger partial charge in [0.15, 0.2) is 0 Å². The minimum atomic E-state index is 0.969. The number of hydrogen-bond donors (Lipinski definition) is 0. The highest BCUT2D eigenvalue weighted by molar-refractivity contribution is 14.1. The van der Waals surface area contributed by atoms with Crippen molar-refractivity contribution in [2.75, 3.05) is 4.43 Å². The Morgan fingerprint density at radius 3 is 2.25 bits per heavy atom. The van der Waals surface area contributed by atoms with E-state index < -0.39 is 0 Å². The predicted octanol–water partition coefficient (Wildman–Crippen LogP) is 4.81. The second-order valence-corrected chi connectivity index (χ2v) is 4.86. The molecule has 0 spiro atoms. The van der Waals surface area contributed by atoms with Crippen LogP contribution in [0.25, 0.3) is 0 Å². The number of hydrogen-bond acceptors (Lipinski definition) is 0. The Labute approximate surface area is 91.7 Å². The molecule has 0 radical (unpaired) electrons. The fraction of sp³-hybridized carbons (Fsp3) is 1.00. The molecule has 0 saturated heterocycles. The van der Waals surface area contributed by atoms with Gasteiger partial charge < -0.3 is 0 Å². The predicted molar refractivity (Wildman–Crippen MR) is 66.0 cm³/mol. The summed E-state index contributed by atoms with van der Waals surface area (Å²) in [6.07, 6.45) is 10.0. The van der Waals surface area contributed by atoms with Crippen molar-refractivity contribution in [3.8, 4) is 0 Å². The minimum Gasteiger partial charge on any atom is -0.0864 e. The molecule has 0 rings (SSSR count). The highest BCUT2D eigenvalue weighted by Gasteiger charge is 2.00. The molecular formula is C11H23I. The van der Waals surface area contributed by atoms with Crippen molar-refractivity contribution in [3.05, 3.63) is 0 Å². The Balaban J connectivity index is 3.02. The van der Waals surface area contributed by atoms with Crippen LogP contribution >= 0.6 is 22.6 Å². The van der Waals surface area contributed by atoms with Crippen LogP contribution < -0.4 is 0 Å². The first-order valence-electron chi connectivity index (χ1n) is 5.37. The van der Waals surface area contributed by atoms with E-state index in [1.807, 2.05) is 0 Å². The maximum absolute atomic E-state index is 2.47. The maximum atomic E-state index is 2.47. The van der Waals surface area contributed by atoms with Gasteiger partial charge in [-0.3, -0.25) is 0 Å². The first-order valence-corrected chi connectivity index (χ1v) is 6.89. The smallest absolute Gasteiger partial charge is 0.000463 e. The molecule has 0 aromatic rings. The molecule has 1 atom stereocenters. The topological polar surface area (TPSA) is 0 Å². The van der Waals surface area contributed by atoms with E-state index in [1.165, 1.54) is 49.4 Å². The van der Waals surface area contributed by atoms with E-state index in [0.29, 0.717) is 0 Å². The van der Waals surface area contributed by atoms with Gasteiger partial charge in [-0.05, 0) is 23.2 Å². The Hall–Kier alpha value is 0.730. The van der Waals surface area contributed by atoms with Crippen molar-refractivity contribution in [2.45, 2.75) is 58.8 Å². The number of rotatable bonds is 8. The maximum Gasteiger partial charge on any atom is -0.000463 e. The van der Waals surface area contributed by atoms with E-state index in [2.05, 4.69) is 36.4 Å². The van der Waals surface area contributed by atoms with E-state index in [9.17, 15) is 0 Å². The van der Waals surface area contributed by atoms with Crippen LogP contribution in [0.15, 0.2) is 0 Å². The molecule has 0 amide bonds. The van der Waals surface area contributed by atoms with Gasteiger partial charge in [0.1, 0.15) is 0 Å². The molecule has 0 aliphatic rings. The van der Waals surface area contributed by atoms with Crippen molar-refractivity contribution >= 4 is 22.6 Å². The fourth-order valence-corrected chi connectivity index (χ4v) is 1.93. The zero-order chi connectivity index (χ0) is 9.23. The Kier molecular flexibility index (Phi) is 10.4. The summed E-state index contributed by atoms with van der Waals surface area (Å²) in [6.45, 7) is 4.68. The van der Waals surface area contributed by atoms with Gasteiger partial charge in [-0.1, -0.05) is 68.5 Å². The molecule has 0 bridgehead atoms. The molecule has 12 heavy (non-hydrogen) atoms. The first-order chi connectivity index (χ1) is 5.81. The van der Waals surface area contributed by atoms with Gasteiger partial charge in [-0.15, -0.1) is 0 Å². The summed E-state index contributed by atoms with van der Waals surface area (Å²) in [5.74, 6) is 0.969. The lowest BCUT2D eigenvalue weighted by molar-refractivity contribution is 0.457. The standard InChI is InChI=1S/C11H23I/c1-3-4-5-6-8-11(2)9-7-10-12/h11H,3-10H2,1-2H3/t11-/m0/s1. The van der Waals surface area contributed by atoms with E-state index in [-0.39, 0.29) is 0 Å². The Morgan fingerprint density at radius 1 is 1.00 bits per heavy atom. The van der Waals surface area contributed by atoms with Crippen molar-refractivity contribution in [3.63, 3.8) is 0 Å². The lowest BCUT2D eigenvalue weighted by atomic mass is 9.98. The highest BCUT2D eigenvalue weighted by atomic mass is 127. The second-order valence-electron chi connectivity index (χ2n) is 3.79. The average molecular weight is 282 g/mol. The summed E-state index contributed by atoms with van der Waals surface area (Å²) in [6, 6.07) is 0. The van der Waals surface area contributed by atoms with Crippen molar-refractivity contribution in [1.82, 2.24) is 0 Å². The summed E-state index contributed by atoms with van der Waals surface area (Å²) in [5.41, 5.74) is 0. The van der Waals surface area contributed by atoms with Crippen LogP contribution in [0.5, 0.6) is 0 Å². The lowest BCUT2D eigenvalue weighted by Gasteiger charge is -2.09. The molecule has 0 fully saturated rings. The summed E-state index contributed by atoms with van der Waals surface area (Å²) in [4.78, 5) is 0. The van der Waals surface area contributed by atoms with Gasteiger partial charge >= 0.3 is 0 Å². The Bertz CT molecular complexity index is 81.1. The molecule has 0 aliphatic carbocycles. The van der Waals surface area contributed by atoms with Gasteiger partial charge in [0.2, 0.25) is 0 Å². The van der Waals surface area contributed by atoms with Gasteiger partial charge in [0.05, 0.1) is 0 Å². The van der Waals surface area contributed by atoms with Crippen LogP contribution in [0, 0.1) is 5.92 Å². The highest BCUT2D eigenvalue weighted by Crippen LogP contribution is 2.15. The van der Waals surface area contributed by atoms with Gasteiger partial charge in [0.25, 0.3) is 0 Å². The Morgan fingerprint density at radius 2 is 1.67 bits per heavy atom. The fourth-order valence-electron chi connectivity index (χ4n) is 1.49. The molecule has 0 nitrogen and oxygen atoms in total. The third-order valence-electron chi connectivity index (χ3n) is 2.38. The van der Waals surface area contributed by atoms with Crippen LogP contribution in [-0.4, -0.2) is 4.43 Å². The van der Waals surface area contributed by atoms with Crippen LogP contribution in [0.1, 0.15) is 58.8 Å². The van der Waals surface area contributed by atoms with Crippen molar-refractivity contribution < 1.29 is 0 Å². The zero-order valence-electron chi connectivity index (χ0n) is 8.61. The normalized spacial score (nSPS) is 13.2. The van der Waals surface area contributed by atoms with Crippen LogP contribution in [0.3, 0.4) is 0 Å². The molecule has 0 heterocycles. The lowest BCUT2D eigenvalue weighted by Crippen LogP contribution is -1.94. The molecule has 0 aromatic carbocycles. The van der Waals surface area contributed by atoms with Gasteiger partial charge in [-0.25, -0.2) is 0 Å². The third-order valence-corrected chi connectivity index (χ3v) is 3.14. The van der Waals surface area contributed by atoms with Crippen LogP contribution in [0.2, 0.25) is 0 Å². The molecule has 0 aromatic heterocycles. The number of halogens is 1. The van der Waals surface area contributed by atoms with E-state index in [1.54, 1.807) is 0 Å². The third kappa shape index (κ3) is 8.82. The number of unbranched alkanes of at least 4 members (excludes halogenated alkanes) is 3. The molecular weight excluding hydrogens is 259 g/mol. The van der Waals surface area contributed by atoms with Gasteiger partial charge in [0, 0.05) is 0 Å². The van der Waals surface area contributed by atoms with E-state index >= 15 is 0 Å². The summed E-state index contributed by atoms with van der Waals surface area (Å²) in [5, 5.41) is 0. The molecule has 1 heteroatoms. The van der Waals surface area contributed by atoms with E-state index in [4.69, 9.17) is 0 Å². The van der Waals surface area contributed by atoms with Gasteiger partial charge in [-0.2, -0.15) is 0 Å². The summed E-state index contributed by atoms with van der Waals surface area (Å²) < 4.78 is 1.33. The summed E-state index contributed by atoms with van der Waals surface area (Å²) in [7, 11) is 0. The largest absolute Gasteiger partial charge is 0.0864 e. The van der Waals surface area contributed by atoms with E-state index in [0.717, 1.165) is 5.92 Å². The molecule has 0 aliphatic heterocycles. The number of alkyl halides is 1. The molecule has 74 valence electrons. The molecule has 0 unspecified atom stereocenters. The quantitative estimate of drug-likeness (QED) is 0.340. The summed E-state index contributed by atoms with van der Waals surface area (Å²) >= 11 is 2.47. The second kappa shape index (κ2) is 9.82. The minimum absolute atomic E-state index is 0.969. The van der Waals surface area contributed by atoms with Crippen LogP contribution in [0.4, 0.5) is 0 Å². The first kappa shape index (κ1) is 12.7. The SMILES string of the molecule is CCCCCC[C@H](C)CCCI. The monoisotopic (exact) mass is 282 g/mol. The van der Waals surface area contributed by atoms with Crippen molar-refractivity contribution in [2.24, 2.45) is 5.92 Å². The molecule has 0 saturated carbocycles. The zero-order valence-corrected chi connectivity index (χ0v) is 10.8.